The quantitative estimate of drug-likeness (QED) is 0.431. The van der Waals surface area contributed by atoms with Gasteiger partial charge in [-0.25, -0.2) is 0 Å². The minimum Gasteiger partial charge on any atom is -0.396 e. The molecule has 0 aliphatic carbocycles. The second kappa shape index (κ2) is 10.1. The Bertz CT molecular complexity index is 1180. The Morgan fingerprint density at radius 1 is 1.00 bits per heavy atom. The largest absolute Gasteiger partial charge is 0.396 e. The zero-order chi connectivity index (χ0) is 26.2. The van der Waals surface area contributed by atoms with Gasteiger partial charge in [0.1, 0.15) is 11.6 Å². The van der Waals surface area contributed by atoms with Crippen LogP contribution < -0.4 is 10.6 Å². The van der Waals surface area contributed by atoms with Gasteiger partial charge in [-0.05, 0) is 75.4 Å². The van der Waals surface area contributed by atoms with Crippen LogP contribution in [0.25, 0.3) is 0 Å². The van der Waals surface area contributed by atoms with Crippen LogP contribution >= 0.6 is 11.6 Å². The number of hydrogen-bond acceptors (Lipinski definition) is 5. The van der Waals surface area contributed by atoms with Crippen LogP contribution in [-0.2, 0) is 19.1 Å². The number of hydrogen-bond donors (Lipinski definition) is 3. The third-order valence-corrected chi connectivity index (χ3v) is 8.27. The molecule has 3 N–H and O–H groups in total. The number of likely N-dealkylation sites (tertiary alicyclic amines) is 1. The summed E-state index contributed by atoms with van der Waals surface area (Å²) in [6.07, 6.45) is 3.07. The number of unbranched alkanes of at least 4 members (excludes halogenated alkanes) is 2. The normalized spacial score (nSPS) is 29.9. The number of carbonyl (C=O) groups excluding carboxylic acids is 3. The van der Waals surface area contributed by atoms with Gasteiger partial charge in [-0.2, -0.15) is 0 Å². The number of rotatable bonds is 9. The molecule has 8 nitrogen and oxygen atoms in total. The van der Waals surface area contributed by atoms with Crippen molar-refractivity contribution < 1.29 is 24.2 Å². The average Bonchev–Trinajstić information content (AvgIpc) is 3.44. The predicted molar refractivity (Wildman–Crippen MR) is 140 cm³/mol. The van der Waals surface area contributed by atoms with Crippen molar-refractivity contribution in [2.45, 2.75) is 56.3 Å². The van der Waals surface area contributed by atoms with E-state index in [2.05, 4.69) is 10.6 Å². The number of halogens is 1. The number of aliphatic hydroxyl groups is 1. The predicted octanol–water partition coefficient (Wildman–Crippen LogP) is 3.84. The van der Waals surface area contributed by atoms with Crippen LogP contribution in [0.15, 0.2) is 54.6 Å². The van der Waals surface area contributed by atoms with E-state index in [0.717, 1.165) is 6.42 Å². The lowest BCUT2D eigenvalue weighted by Gasteiger charge is -2.33. The smallest absolute Gasteiger partial charge is 0.250 e. The fourth-order valence-electron chi connectivity index (χ4n) is 6.42. The molecule has 3 saturated heterocycles. The average molecular weight is 526 g/mol. The molecule has 0 radical (unpaired) electrons. The van der Waals surface area contributed by atoms with Gasteiger partial charge in [-0.3, -0.25) is 14.4 Å². The molecule has 3 aliphatic rings. The van der Waals surface area contributed by atoms with Crippen molar-refractivity contribution in [3.63, 3.8) is 0 Å². The van der Waals surface area contributed by atoms with E-state index >= 15 is 0 Å². The Kier molecular flexibility index (Phi) is 7.00. The van der Waals surface area contributed by atoms with Crippen LogP contribution in [0, 0.1) is 11.8 Å². The third-order valence-electron chi connectivity index (χ3n) is 8.02. The van der Waals surface area contributed by atoms with Crippen LogP contribution in [0.2, 0.25) is 5.02 Å². The van der Waals surface area contributed by atoms with Gasteiger partial charge >= 0.3 is 0 Å². The number of nitrogens with zero attached hydrogens (tertiary/aromatic N) is 1. The van der Waals surface area contributed by atoms with Gasteiger partial charge in [-0.15, -0.1) is 0 Å². The summed E-state index contributed by atoms with van der Waals surface area (Å²) in [5.74, 6) is -2.31. The Morgan fingerprint density at radius 3 is 2.38 bits per heavy atom. The van der Waals surface area contributed by atoms with Crippen LogP contribution in [0.4, 0.5) is 11.4 Å². The lowest BCUT2D eigenvalue weighted by Crippen LogP contribution is -2.53. The van der Waals surface area contributed by atoms with E-state index in [-0.39, 0.29) is 24.3 Å². The molecular formula is C28H32ClN3O5. The summed E-state index contributed by atoms with van der Waals surface area (Å²) in [5, 5.41) is 15.6. The van der Waals surface area contributed by atoms with E-state index in [1.165, 1.54) is 0 Å². The number of anilines is 2. The van der Waals surface area contributed by atoms with Crippen molar-refractivity contribution in [2.75, 3.05) is 23.8 Å². The second-order valence-corrected chi connectivity index (χ2v) is 10.8. The number of fused-ring (bicyclic) bond motifs is 1. The minimum atomic E-state index is -1.09. The van der Waals surface area contributed by atoms with Gasteiger partial charge < -0.3 is 25.4 Å². The standard InChI is InChI=1S/C28H32ClN3O5/c1-27-14-15-28(37-27)22(21(27)24(34)30-19-8-4-2-5-9-19)26(36)32(16-6-3-7-17-33)23(28)25(35)31-20-12-10-18(29)11-13-20/h2,4-5,8-13,21-23,33H,3,6-7,14-17H2,1H3,(H,30,34)(H,31,35)/t21-,22+,23?,27+,28?/m1/s1. The third kappa shape index (κ3) is 4.51. The van der Waals surface area contributed by atoms with E-state index < -0.39 is 29.1 Å². The van der Waals surface area contributed by atoms with Crippen molar-refractivity contribution in [2.24, 2.45) is 11.8 Å². The number of amides is 3. The summed E-state index contributed by atoms with van der Waals surface area (Å²) < 4.78 is 6.62. The first-order valence-corrected chi connectivity index (χ1v) is 13.2. The number of benzene rings is 2. The number of aliphatic hydroxyl groups excluding tert-OH is 1. The SMILES string of the molecule is C[C@@]12CCC3(O1)C(C(=O)Nc1ccc(Cl)cc1)N(CCCCCO)C(=O)[C@@H]3[C@@H]2C(=O)Nc1ccccc1. The van der Waals surface area contributed by atoms with E-state index in [9.17, 15) is 19.5 Å². The lowest BCUT2D eigenvalue weighted by molar-refractivity contribution is -0.143. The van der Waals surface area contributed by atoms with E-state index in [0.29, 0.717) is 48.6 Å². The Hall–Kier alpha value is -2.94. The molecule has 3 amide bonds. The first-order valence-electron chi connectivity index (χ1n) is 12.8. The first kappa shape index (κ1) is 25.7. The van der Waals surface area contributed by atoms with Crippen LogP contribution in [-0.4, -0.2) is 58.1 Å². The fraction of sp³-hybridized carbons (Fsp3) is 0.464. The highest BCUT2D eigenvalue weighted by atomic mass is 35.5. The molecule has 2 aromatic rings. The van der Waals surface area contributed by atoms with Crippen molar-refractivity contribution in [3.8, 4) is 0 Å². The molecule has 37 heavy (non-hydrogen) atoms. The zero-order valence-corrected chi connectivity index (χ0v) is 21.5. The second-order valence-electron chi connectivity index (χ2n) is 10.4. The number of nitrogens with one attached hydrogen (secondary N) is 2. The molecule has 196 valence electrons. The monoisotopic (exact) mass is 525 g/mol. The molecule has 2 unspecified atom stereocenters. The van der Waals surface area contributed by atoms with Gasteiger partial charge in [0.05, 0.1) is 17.4 Å². The summed E-state index contributed by atoms with van der Waals surface area (Å²) in [6, 6.07) is 15.1. The summed E-state index contributed by atoms with van der Waals surface area (Å²) in [6.45, 7) is 2.30. The molecule has 2 bridgehead atoms. The van der Waals surface area contributed by atoms with Crippen LogP contribution in [0.3, 0.4) is 0 Å². The molecule has 5 atom stereocenters. The molecule has 0 aromatic heterocycles. The van der Waals surface area contributed by atoms with Crippen molar-refractivity contribution in [3.05, 3.63) is 59.6 Å². The summed E-state index contributed by atoms with van der Waals surface area (Å²) in [5.41, 5.74) is -0.714. The maximum Gasteiger partial charge on any atom is 0.250 e. The molecule has 5 rings (SSSR count). The van der Waals surface area contributed by atoms with Crippen LogP contribution in [0.5, 0.6) is 0 Å². The van der Waals surface area contributed by atoms with Gasteiger partial charge in [0, 0.05) is 29.5 Å². The van der Waals surface area contributed by atoms with E-state index in [1.807, 2.05) is 25.1 Å². The van der Waals surface area contributed by atoms with Gasteiger partial charge in [0.2, 0.25) is 17.7 Å². The molecule has 9 heteroatoms. The molecule has 2 aromatic carbocycles. The van der Waals surface area contributed by atoms with Crippen molar-refractivity contribution in [1.82, 2.24) is 4.90 Å². The summed E-state index contributed by atoms with van der Waals surface area (Å²) in [7, 11) is 0. The maximum atomic E-state index is 14.0. The first-order chi connectivity index (χ1) is 17.8. The summed E-state index contributed by atoms with van der Waals surface area (Å²) >= 11 is 6.00. The fourth-order valence-corrected chi connectivity index (χ4v) is 6.55. The lowest BCUT2D eigenvalue weighted by atomic mass is 9.66. The number of carbonyl (C=O) groups is 3. The van der Waals surface area contributed by atoms with E-state index in [4.69, 9.17) is 16.3 Å². The minimum absolute atomic E-state index is 0.0736. The highest BCUT2D eigenvalue weighted by Gasteiger charge is 2.77. The Balaban J connectivity index is 1.46. The molecule has 3 fully saturated rings. The highest BCUT2D eigenvalue weighted by molar-refractivity contribution is 6.30. The number of para-hydroxylation sites is 1. The van der Waals surface area contributed by atoms with Gasteiger partial charge in [0.25, 0.3) is 0 Å². The number of ether oxygens (including phenoxy) is 1. The van der Waals surface area contributed by atoms with Gasteiger partial charge in [-0.1, -0.05) is 29.8 Å². The van der Waals surface area contributed by atoms with Gasteiger partial charge in [0.15, 0.2) is 0 Å². The molecular weight excluding hydrogens is 494 g/mol. The summed E-state index contributed by atoms with van der Waals surface area (Å²) in [4.78, 5) is 43.0. The van der Waals surface area contributed by atoms with Crippen LogP contribution in [0.1, 0.15) is 39.0 Å². The zero-order valence-electron chi connectivity index (χ0n) is 20.8. The van der Waals surface area contributed by atoms with E-state index in [1.54, 1.807) is 41.3 Å². The molecule has 0 saturated carbocycles. The Labute approximate surface area is 221 Å². The topological polar surface area (TPSA) is 108 Å². The van der Waals surface area contributed by atoms with Crippen molar-refractivity contribution >= 4 is 40.7 Å². The maximum absolute atomic E-state index is 14.0. The molecule has 1 spiro atoms. The molecule has 3 aliphatic heterocycles. The Morgan fingerprint density at radius 2 is 1.68 bits per heavy atom. The molecule has 3 heterocycles. The highest BCUT2D eigenvalue weighted by Crippen LogP contribution is 2.63. The van der Waals surface area contributed by atoms with Crippen molar-refractivity contribution in [1.29, 1.82) is 0 Å².